The Kier molecular flexibility index (Phi) is 7.48. The number of rotatable bonds is 9. The number of carbonyl (C=O) groups is 3. The van der Waals surface area contributed by atoms with Crippen LogP contribution < -0.4 is 19.7 Å². The van der Waals surface area contributed by atoms with Crippen LogP contribution >= 0.6 is 0 Å². The fourth-order valence-electron chi connectivity index (χ4n) is 3.50. The van der Waals surface area contributed by atoms with Crippen LogP contribution in [-0.2, 0) is 14.3 Å². The molecule has 2 aromatic carbocycles. The smallest absolute Gasteiger partial charge is 0.265 e. The summed E-state index contributed by atoms with van der Waals surface area (Å²) < 4.78 is 16.1. The highest BCUT2D eigenvalue weighted by atomic mass is 16.5. The third-order valence-electron chi connectivity index (χ3n) is 5.22. The maximum atomic E-state index is 12.8. The Hall–Kier alpha value is -3.39. The number of ether oxygens (including phenoxy) is 3. The average Bonchev–Trinajstić information content (AvgIpc) is 2.77. The minimum atomic E-state index is -0.779. The van der Waals surface area contributed by atoms with Gasteiger partial charge in [-0.15, -0.1) is 0 Å². The molecule has 1 heterocycles. The van der Waals surface area contributed by atoms with Crippen molar-refractivity contribution in [2.45, 2.75) is 26.8 Å². The molecule has 0 aromatic heterocycles. The second-order valence-corrected chi connectivity index (χ2v) is 7.68. The highest BCUT2D eigenvalue weighted by Gasteiger charge is 2.33. The van der Waals surface area contributed by atoms with Gasteiger partial charge in [-0.3, -0.25) is 19.3 Å². The second-order valence-electron chi connectivity index (χ2n) is 7.68. The van der Waals surface area contributed by atoms with E-state index in [0.29, 0.717) is 35.9 Å². The zero-order chi connectivity index (χ0) is 23.3. The number of hydrogen-bond acceptors (Lipinski definition) is 6. The van der Waals surface area contributed by atoms with Crippen LogP contribution in [0.15, 0.2) is 36.4 Å². The molecule has 32 heavy (non-hydrogen) atoms. The van der Waals surface area contributed by atoms with E-state index >= 15 is 0 Å². The van der Waals surface area contributed by atoms with Crippen LogP contribution in [0, 0.1) is 13.8 Å². The molecule has 1 unspecified atom stereocenters. The van der Waals surface area contributed by atoms with Gasteiger partial charge in [0.05, 0.1) is 12.3 Å². The molecule has 170 valence electrons. The van der Waals surface area contributed by atoms with Gasteiger partial charge in [-0.1, -0.05) is 17.7 Å². The third-order valence-corrected chi connectivity index (χ3v) is 5.22. The lowest BCUT2D eigenvalue weighted by atomic mass is 10.1. The number of benzene rings is 2. The van der Waals surface area contributed by atoms with Gasteiger partial charge in [0.15, 0.2) is 19.0 Å². The van der Waals surface area contributed by atoms with E-state index in [1.165, 1.54) is 4.90 Å². The summed E-state index contributed by atoms with van der Waals surface area (Å²) in [5.41, 5.74) is 2.81. The highest BCUT2D eigenvalue weighted by Crippen LogP contribution is 2.34. The van der Waals surface area contributed by atoms with Crippen LogP contribution in [-0.4, -0.2) is 57.1 Å². The Morgan fingerprint density at radius 1 is 1.19 bits per heavy atom. The van der Waals surface area contributed by atoms with Crippen LogP contribution in [0.4, 0.5) is 5.69 Å². The van der Waals surface area contributed by atoms with Crippen molar-refractivity contribution in [3.63, 3.8) is 0 Å². The topological polar surface area (TPSA) is 94.2 Å². The summed E-state index contributed by atoms with van der Waals surface area (Å²) in [5, 5.41) is 2.73. The maximum absolute atomic E-state index is 12.8. The molecule has 0 saturated heterocycles. The van der Waals surface area contributed by atoms with Crippen LogP contribution in [0.3, 0.4) is 0 Å². The van der Waals surface area contributed by atoms with E-state index in [1.807, 2.05) is 32.0 Å². The number of nitrogens with zero attached hydrogens (tertiary/aromatic N) is 1. The number of anilines is 1. The molecular weight excluding hydrogens is 412 g/mol. The third kappa shape index (κ3) is 5.26. The molecule has 0 radical (unpaired) electrons. The van der Waals surface area contributed by atoms with Gasteiger partial charge < -0.3 is 19.5 Å². The van der Waals surface area contributed by atoms with E-state index in [9.17, 15) is 14.4 Å². The minimum absolute atomic E-state index is 0.148. The quantitative estimate of drug-likeness (QED) is 0.476. The van der Waals surface area contributed by atoms with Gasteiger partial charge in [0, 0.05) is 19.2 Å². The molecule has 1 N–H and O–H groups in total. The standard InChI is InChI=1S/C24H28N2O6/c1-15-5-7-21(16(2)11-15)31-13-20(27)18-6-8-22-19(12-18)26(23(28)14-32-22)17(3)24(29)25-9-10-30-4/h5-8,11-12,17H,9-10,13-14H2,1-4H3,(H,25,29). The molecule has 0 aliphatic carbocycles. The number of fused-ring (bicyclic) bond motifs is 1. The molecule has 0 spiro atoms. The molecular formula is C24H28N2O6. The largest absolute Gasteiger partial charge is 0.485 e. The van der Waals surface area contributed by atoms with Crippen molar-refractivity contribution >= 4 is 23.3 Å². The van der Waals surface area contributed by atoms with E-state index in [2.05, 4.69) is 5.32 Å². The summed E-state index contributed by atoms with van der Waals surface area (Å²) in [6.07, 6.45) is 0. The van der Waals surface area contributed by atoms with Gasteiger partial charge in [-0.25, -0.2) is 0 Å². The normalized spacial score (nSPS) is 13.8. The van der Waals surface area contributed by atoms with E-state index in [-0.39, 0.29) is 30.8 Å². The Labute approximate surface area is 187 Å². The van der Waals surface area contributed by atoms with Crippen LogP contribution in [0.2, 0.25) is 0 Å². The second kappa shape index (κ2) is 10.3. The van der Waals surface area contributed by atoms with Crippen LogP contribution in [0.5, 0.6) is 11.5 Å². The lowest BCUT2D eigenvalue weighted by Gasteiger charge is -2.33. The van der Waals surface area contributed by atoms with Gasteiger partial charge in [-0.05, 0) is 50.6 Å². The van der Waals surface area contributed by atoms with Gasteiger partial charge in [0.1, 0.15) is 17.5 Å². The van der Waals surface area contributed by atoms with Crippen molar-refractivity contribution in [1.29, 1.82) is 0 Å². The van der Waals surface area contributed by atoms with Crippen molar-refractivity contribution in [2.24, 2.45) is 0 Å². The summed E-state index contributed by atoms with van der Waals surface area (Å²) in [4.78, 5) is 39.2. The Morgan fingerprint density at radius 3 is 2.69 bits per heavy atom. The van der Waals surface area contributed by atoms with Crippen LogP contribution in [0.25, 0.3) is 0 Å². The van der Waals surface area contributed by atoms with Gasteiger partial charge in [0.2, 0.25) is 5.91 Å². The van der Waals surface area contributed by atoms with E-state index in [0.717, 1.165) is 11.1 Å². The zero-order valence-electron chi connectivity index (χ0n) is 18.8. The van der Waals surface area contributed by atoms with Gasteiger partial charge in [0.25, 0.3) is 5.91 Å². The lowest BCUT2D eigenvalue weighted by Crippen LogP contribution is -2.51. The molecule has 1 aliphatic rings. The van der Waals surface area contributed by atoms with Gasteiger partial charge >= 0.3 is 0 Å². The number of methoxy groups -OCH3 is 1. The molecule has 1 aliphatic heterocycles. The molecule has 0 fully saturated rings. The number of ketones is 1. The van der Waals surface area contributed by atoms with Crippen molar-refractivity contribution < 1.29 is 28.6 Å². The van der Waals surface area contributed by atoms with Crippen molar-refractivity contribution in [1.82, 2.24) is 5.32 Å². The molecule has 0 bridgehead atoms. The first-order chi connectivity index (χ1) is 15.3. The predicted molar refractivity (Wildman–Crippen MR) is 120 cm³/mol. The van der Waals surface area contributed by atoms with Crippen molar-refractivity contribution in [2.75, 3.05) is 38.4 Å². The first kappa shape index (κ1) is 23.3. The molecule has 2 amide bonds. The number of carbonyl (C=O) groups excluding carboxylic acids is 3. The monoisotopic (exact) mass is 440 g/mol. The summed E-state index contributed by atoms with van der Waals surface area (Å²) in [7, 11) is 1.54. The summed E-state index contributed by atoms with van der Waals surface area (Å²) >= 11 is 0. The molecule has 2 aromatic rings. The predicted octanol–water partition coefficient (Wildman–Crippen LogP) is 2.44. The maximum Gasteiger partial charge on any atom is 0.265 e. The molecule has 3 rings (SSSR count). The molecule has 8 nitrogen and oxygen atoms in total. The number of aryl methyl sites for hydroxylation is 2. The first-order valence-electron chi connectivity index (χ1n) is 10.4. The molecule has 0 saturated carbocycles. The van der Waals surface area contributed by atoms with Gasteiger partial charge in [-0.2, -0.15) is 0 Å². The van der Waals surface area contributed by atoms with Crippen molar-refractivity contribution in [3.8, 4) is 11.5 Å². The molecule has 8 heteroatoms. The summed E-state index contributed by atoms with van der Waals surface area (Å²) in [5.74, 6) is 0.153. The average molecular weight is 440 g/mol. The highest BCUT2D eigenvalue weighted by molar-refractivity contribution is 6.05. The number of Topliss-reactive ketones (excluding diaryl/α,β-unsaturated/α-hetero) is 1. The Morgan fingerprint density at radius 2 is 1.97 bits per heavy atom. The number of hydrogen-bond donors (Lipinski definition) is 1. The minimum Gasteiger partial charge on any atom is -0.485 e. The fourth-order valence-corrected chi connectivity index (χ4v) is 3.50. The number of amides is 2. The molecule has 1 atom stereocenters. The van der Waals surface area contributed by atoms with Crippen LogP contribution in [0.1, 0.15) is 28.4 Å². The van der Waals surface area contributed by atoms with Crippen molar-refractivity contribution in [3.05, 3.63) is 53.1 Å². The summed E-state index contributed by atoms with van der Waals surface area (Å²) in [6, 6.07) is 9.80. The zero-order valence-corrected chi connectivity index (χ0v) is 18.8. The summed E-state index contributed by atoms with van der Waals surface area (Å²) in [6.45, 7) is 5.92. The van der Waals surface area contributed by atoms with E-state index in [1.54, 1.807) is 32.2 Å². The fraction of sp³-hybridized carbons (Fsp3) is 0.375. The Balaban J connectivity index is 1.77. The van der Waals surface area contributed by atoms with E-state index in [4.69, 9.17) is 14.2 Å². The number of nitrogens with one attached hydrogen (secondary N) is 1. The first-order valence-corrected chi connectivity index (χ1v) is 10.4. The SMILES string of the molecule is COCCNC(=O)C(C)N1C(=O)COc2ccc(C(=O)COc3ccc(C)cc3C)cc21. The Bertz CT molecular complexity index is 1020. The lowest BCUT2D eigenvalue weighted by molar-refractivity contribution is -0.127. The van der Waals surface area contributed by atoms with E-state index < -0.39 is 6.04 Å².